The molecular formula is C17H20O5. The Labute approximate surface area is 129 Å². The molecule has 0 saturated heterocycles. The second-order valence-corrected chi connectivity index (χ2v) is 5.65. The number of hydrogen-bond acceptors (Lipinski definition) is 5. The van der Waals surface area contributed by atoms with Gasteiger partial charge in [0.2, 0.25) is 0 Å². The largest absolute Gasteiger partial charge is 0.507 e. The Hall–Kier alpha value is -2.17. The van der Waals surface area contributed by atoms with Crippen molar-refractivity contribution in [3.05, 3.63) is 22.8 Å². The van der Waals surface area contributed by atoms with Gasteiger partial charge >= 0.3 is 0 Å². The summed E-state index contributed by atoms with van der Waals surface area (Å²) in [7, 11) is 4.68. The molecular weight excluding hydrogens is 284 g/mol. The monoisotopic (exact) mass is 304 g/mol. The van der Waals surface area contributed by atoms with Crippen molar-refractivity contribution >= 4 is 11.5 Å². The summed E-state index contributed by atoms with van der Waals surface area (Å²) in [5.74, 6) is 1.78. The first kappa shape index (κ1) is 14.8. The number of aliphatic hydroxyl groups is 1. The minimum absolute atomic E-state index is 0.0359. The Kier molecular flexibility index (Phi) is 3.72. The Bertz CT molecular complexity index is 660. The van der Waals surface area contributed by atoms with Crippen LogP contribution >= 0.6 is 0 Å². The molecule has 0 amide bonds. The highest BCUT2D eigenvalue weighted by Crippen LogP contribution is 2.49. The number of methoxy groups -OCH3 is 3. The molecule has 1 N–H and O–H groups in total. The normalized spacial score (nSPS) is 20.3. The Morgan fingerprint density at radius 1 is 1.14 bits per heavy atom. The summed E-state index contributed by atoms with van der Waals surface area (Å²) in [4.78, 5) is 12.2. The minimum Gasteiger partial charge on any atom is -0.507 e. The molecule has 0 heterocycles. The lowest BCUT2D eigenvalue weighted by Gasteiger charge is -2.32. The highest BCUT2D eigenvalue weighted by Gasteiger charge is 2.38. The van der Waals surface area contributed by atoms with Gasteiger partial charge in [-0.2, -0.15) is 0 Å². The fourth-order valence-electron chi connectivity index (χ4n) is 3.58. The number of aliphatic hydroxyl groups excluding tert-OH is 1. The van der Waals surface area contributed by atoms with Crippen LogP contribution in [0.4, 0.5) is 0 Å². The maximum Gasteiger partial charge on any atom is 0.164 e. The molecule has 0 aromatic heterocycles. The van der Waals surface area contributed by atoms with Crippen LogP contribution in [0.3, 0.4) is 0 Å². The molecule has 2 aliphatic rings. The van der Waals surface area contributed by atoms with E-state index in [1.165, 1.54) is 7.11 Å². The van der Waals surface area contributed by atoms with Crippen LogP contribution in [0.15, 0.2) is 11.6 Å². The van der Waals surface area contributed by atoms with Crippen molar-refractivity contribution in [1.82, 2.24) is 0 Å². The zero-order chi connectivity index (χ0) is 15.9. The fraction of sp³-hybridized carbons (Fsp3) is 0.471. The SMILES string of the molecule is COc1cc(OC)c2c(c1OC)CC1CCCC(=O)C1=C2O. The molecule has 118 valence electrons. The van der Waals surface area contributed by atoms with Gasteiger partial charge in [0, 0.05) is 23.6 Å². The second-order valence-electron chi connectivity index (χ2n) is 5.65. The van der Waals surface area contributed by atoms with Gasteiger partial charge in [0.1, 0.15) is 11.5 Å². The highest BCUT2D eigenvalue weighted by molar-refractivity contribution is 6.04. The quantitative estimate of drug-likeness (QED) is 0.930. The standard InChI is InChI=1S/C17H20O5/c1-20-12-8-13(21-2)17(22-3)10-7-9-5-4-6-11(18)14(9)16(19)15(10)12/h8-9,19H,4-7H2,1-3H3. The topological polar surface area (TPSA) is 65.0 Å². The first-order valence-corrected chi connectivity index (χ1v) is 7.40. The summed E-state index contributed by atoms with van der Waals surface area (Å²) >= 11 is 0. The number of ether oxygens (including phenoxy) is 3. The number of fused-ring (bicyclic) bond motifs is 2. The highest BCUT2D eigenvalue weighted by atomic mass is 16.5. The molecule has 0 spiro atoms. The molecule has 0 aliphatic heterocycles. The summed E-state index contributed by atoms with van der Waals surface area (Å²) in [6.07, 6.45) is 2.91. The smallest absolute Gasteiger partial charge is 0.164 e. The molecule has 1 atom stereocenters. The molecule has 0 bridgehead atoms. The van der Waals surface area contributed by atoms with E-state index in [4.69, 9.17) is 14.2 Å². The van der Waals surface area contributed by atoms with E-state index in [1.807, 2.05) is 0 Å². The van der Waals surface area contributed by atoms with Crippen LogP contribution in [0.1, 0.15) is 30.4 Å². The van der Waals surface area contributed by atoms with Crippen LogP contribution in [0.2, 0.25) is 0 Å². The third-order valence-electron chi connectivity index (χ3n) is 4.56. The van der Waals surface area contributed by atoms with Gasteiger partial charge in [-0.05, 0) is 25.2 Å². The van der Waals surface area contributed by atoms with Gasteiger partial charge in [-0.15, -0.1) is 0 Å². The van der Waals surface area contributed by atoms with E-state index < -0.39 is 0 Å². The number of rotatable bonds is 3. The Morgan fingerprint density at radius 3 is 2.50 bits per heavy atom. The van der Waals surface area contributed by atoms with Crippen molar-refractivity contribution in [3.8, 4) is 17.2 Å². The molecule has 1 unspecified atom stereocenters. The number of carbonyl (C=O) groups excluding carboxylic acids is 1. The van der Waals surface area contributed by atoms with Gasteiger partial charge < -0.3 is 19.3 Å². The number of ketones is 1. The van der Waals surface area contributed by atoms with Crippen molar-refractivity contribution in [3.63, 3.8) is 0 Å². The van der Waals surface area contributed by atoms with Gasteiger partial charge in [-0.25, -0.2) is 0 Å². The predicted octanol–water partition coefficient (Wildman–Crippen LogP) is 2.91. The van der Waals surface area contributed by atoms with Crippen molar-refractivity contribution in [1.29, 1.82) is 0 Å². The molecule has 3 rings (SSSR count). The van der Waals surface area contributed by atoms with Gasteiger partial charge in [0.15, 0.2) is 17.3 Å². The van der Waals surface area contributed by atoms with E-state index in [2.05, 4.69) is 0 Å². The summed E-state index contributed by atoms with van der Waals surface area (Å²) in [5.41, 5.74) is 1.95. The summed E-state index contributed by atoms with van der Waals surface area (Å²) in [6, 6.07) is 1.68. The van der Waals surface area contributed by atoms with Crippen LogP contribution in [-0.4, -0.2) is 32.2 Å². The maximum atomic E-state index is 12.2. The summed E-state index contributed by atoms with van der Waals surface area (Å²) in [6.45, 7) is 0. The van der Waals surface area contributed by atoms with Crippen molar-refractivity contribution < 1.29 is 24.1 Å². The maximum absolute atomic E-state index is 12.2. The fourth-order valence-corrected chi connectivity index (χ4v) is 3.58. The Balaban J connectivity index is 2.29. The van der Waals surface area contributed by atoms with Crippen LogP contribution in [-0.2, 0) is 11.2 Å². The molecule has 0 radical (unpaired) electrons. The molecule has 5 heteroatoms. The van der Waals surface area contributed by atoms with Gasteiger partial charge in [0.05, 0.1) is 26.9 Å². The van der Waals surface area contributed by atoms with Crippen LogP contribution in [0.25, 0.3) is 5.76 Å². The number of Topliss-reactive ketones (excluding diaryl/α,β-unsaturated/α-hetero) is 1. The predicted molar refractivity (Wildman–Crippen MR) is 81.7 cm³/mol. The van der Waals surface area contributed by atoms with Gasteiger partial charge in [-0.3, -0.25) is 4.79 Å². The van der Waals surface area contributed by atoms with E-state index in [1.54, 1.807) is 20.3 Å². The molecule has 5 nitrogen and oxygen atoms in total. The first-order valence-electron chi connectivity index (χ1n) is 7.40. The minimum atomic E-state index is 0.0359. The van der Waals surface area contributed by atoms with Crippen LogP contribution < -0.4 is 14.2 Å². The number of carbonyl (C=O) groups is 1. The molecule has 1 saturated carbocycles. The zero-order valence-corrected chi connectivity index (χ0v) is 13.1. The van der Waals surface area contributed by atoms with Gasteiger partial charge in [-0.1, -0.05) is 0 Å². The third kappa shape index (κ3) is 2.03. The third-order valence-corrected chi connectivity index (χ3v) is 4.56. The van der Waals surface area contributed by atoms with E-state index in [9.17, 15) is 9.90 Å². The lowest BCUT2D eigenvalue weighted by Crippen LogP contribution is -2.27. The summed E-state index contributed by atoms with van der Waals surface area (Å²) < 4.78 is 16.3. The second kappa shape index (κ2) is 5.55. The van der Waals surface area contributed by atoms with Crippen molar-refractivity contribution in [2.24, 2.45) is 5.92 Å². The average Bonchev–Trinajstić information content (AvgIpc) is 2.53. The van der Waals surface area contributed by atoms with E-state index >= 15 is 0 Å². The lowest BCUT2D eigenvalue weighted by atomic mass is 9.73. The molecule has 22 heavy (non-hydrogen) atoms. The van der Waals surface area contributed by atoms with Gasteiger partial charge in [0.25, 0.3) is 0 Å². The van der Waals surface area contributed by atoms with E-state index in [0.29, 0.717) is 41.2 Å². The van der Waals surface area contributed by atoms with E-state index in [0.717, 1.165) is 18.4 Å². The average molecular weight is 304 g/mol. The molecule has 1 fully saturated rings. The molecule has 2 aliphatic carbocycles. The molecule has 1 aromatic rings. The van der Waals surface area contributed by atoms with Crippen LogP contribution in [0.5, 0.6) is 17.2 Å². The van der Waals surface area contributed by atoms with Crippen LogP contribution in [0, 0.1) is 5.92 Å². The zero-order valence-electron chi connectivity index (χ0n) is 13.1. The first-order chi connectivity index (χ1) is 10.6. The molecule has 1 aromatic carbocycles. The number of allylic oxidation sites excluding steroid dienone is 1. The number of benzene rings is 1. The number of hydrogen-bond donors (Lipinski definition) is 1. The lowest BCUT2D eigenvalue weighted by molar-refractivity contribution is -0.117. The van der Waals surface area contributed by atoms with Crippen molar-refractivity contribution in [2.75, 3.05) is 21.3 Å². The van der Waals surface area contributed by atoms with E-state index in [-0.39, 0.29) is 17.5 Å². The summed E-state index contributed by atoms with van der Waals surface area (Å²) in [5, 5.41) is 10.7. The van der Waals surface area contributed by atoms with Crippen molar-refractivity contribution in [2.45, 2.75) is 25.7 Å². The Morgan fingerprint density at radius 2 is 1.86 bits per heavy atom.